The van der Waals surface area contributed by atoms with Crippen molar-refractivity contribution >= 4 is 35.4 Å². The van der Waals surface area contributed by atoms with Gasteiger partial charge in [-0.25, -0.2) is 0 Å². The summed E-state index contributed by atoms with van der Waals surface area (Å²) in [7, 11) is 0. The van der Waals surface area contributed by atoms with Gasteiger partial charge in [0.15, 0.2) is 0 Å². The normalized spacial score (nSPS) is 10.9. The van der Waals surface area contributed by atoms with Crippen LogP contribution in [0.2, 0.25) is 10.0 Å². The summed E-state index contributed by atoms with van der Waals surface area (Å²) >= 11 is 11.9. The predicted octanol–water partition coefficient (Wildman–Crippen LogP) is 5.91. The van der Waals surface area contributed by atoms with E-state index >= 15 is 0 Å². The Hall–Kier alpha value is -2.49. The van der Waals surface area contributed by atoms with Gasteiger partial charge in [0.2, 0.25) is 11.2 Å². The minimum Gasteiger partial charge on any atom is -0.461 e. The first-order chi connectivity index (χ1) is 11.6. The molecule has 0 amide bonds. The van der Waals surface area contributed by atoms with Crippen molar-refractivity contribution in [3.8, 4) is 11.5 Å². The molecule has 1 heterocycles. The van der Waals surface area contributed by atoms with Crippen molar-refractivity contribution in [1.29, 1.82) is 0 Å². The summed E-state index contributed by atoms with van der Waals surface area (Å²) in [4.78, 5) is 12.1. The lowest BCUT2D eigenvalue weighted by Gasteiger charge is -2.06. The fourth-order valence-corrected chi connectivity index (χ4v) is 2.44. The molecule has 0 fully saturated rings. The van der Waals surface area contributed by atoms with Gasteiger partial charge in [0.05, 0.1) is 5.02 Å². The van der Waals surface area contributed by atoms with Crippen LogP contribution in [0.5, 0.6) is 11.5 Å². The smallest absolute Gasteiger partial charge is 0.227 e. The minimum atomic E-state index is -0.306. The molecule has 0 aliphatic heterocycles. The van der Waals surface area contributed by atoms with Gasteiger partial charge in [0.25, 0.3) is 0 Å². The van der Waals surface area contributed by atoms with Crippen LogP contribution >= 0.6 is 23.2 Å². The monoisotopic (exact) mass is 358 g/mol. The summed E-state index contributed by atoms with van der Waals surface area (Å²) in [6, 6.07) is 15.8. The van der Waals surface area contributed by atoms with Crippen LogP contribution in [0.15, 0.2) is 70.1 Å². The number of halogens is 2. The Balaban J connectivity index is 1.80. The standard InChI is InChI=1S/C19H12Cl2O3/c20-14-7-9-18(16(21)10-14)24-19-12-23-15(11-17(19)22)8-6-13-4-2-1-3-5-13/h1-12H/b8-6+. The summed E-state index contributed by atoms with van der Waals surface area (Å²) < 4.78 is 10.9. The maximum Gasteiger partial charge on any atom is 0.227 e. The molecule has 0 aliphatic rings. The van der Waals surface area contributed by atoms with Gasteiger partial charge in [0.1, 0.15) is 17.8 Å². The second-order valence-electron chi connectivity index (χ2n) is 4.93. The summed E-state index contributed by atoms with van der Waals surface area (Å²) in [5.74, 6) is 0.815. The molecule has 5 heteroatoms. The molecule has 0 saturated carbocycles. The summed E-state index contributed by atoms with van der Waals surface area (Å²) in [6.45, 7) is 0. The molecule has 3 aromatic rings. The number of hydrogen-bond acceptors (Lipinski definition) is 3. The van der Waals surface area contributed by atoms with Crippen LogP contribution in [0.1, 0.15) is 11.3 Å². The quantitative estimate of drug-likeness (QED) is 0.581. The van der Waals surface area contributed by atoms with Gasteiger partial charge in [0, 0.05) is 11.1 Å². The third kappa shape index (κ3) is 4.07. The molecule has 120 valence electrons. The van der Waals surface area contributed by atoms with Gasteiger partial charge < -0.3 is 9.15 Å². The number of rotatable bonds is 4. The Morgan fingerprint density at radius 3 is 2.42 bits per heavy atom. The van der Waals surface area contributed by atoms with Crippen LogP contribution in [0.3, 0.4) is 0 Å². The van der Waals surface area contributed by atoms with Crippen LogP contribution < -0.4 is 10.2 Å². The minimum absolute atomic E-state index is 0.0519. The second kappa shape index (κ2) is 7.39. The molecule has 0 bridgehead atoms. The largest absolute Gasteiger partial charge is 0.461 e. The van der Waals surface area contributed by atoms with E-state index < -0.39 is 0 Å². The van der Waals surface area contributed by atoms with E-state index in [4.69, 9.17) is 32.4 Å². The van der Waals surface area contributed by atoms with E-state index in [-0.39, 0.29) is 11.2 Å². The van der Waals surface area contributed by atoms with Crippen LogP contribution in [0, 0.1) is 0 Å². The van der Waals surface area contributed by atoms with Crippen molar-refractivity contribution in [3.05, 3.63) is 92.5 Å². The third-order valence-corrected chi connectivity index (χ3v) is 3.70. The number of benzene rings is 2. The number of ether oxygens (including phenoxy) is 1. The number of hydrogen-bond donors (Lipinski definition) is 0. The highest BCUT2D eigenvalue weighted by Crippen LogP contribution is 2.30. The first-order valence-electron chi connectivity index (χ1n) is 7.11. The lowest BCUT2D eigenvalue weighted by atomic mass is 10.2. The van der Waals surface area contributed by atoms with E-state index in [0.29, 0.717) is 21.6 Å². The van der Waals surface area contributed by atoms with E-state index in [2.05, 4.69) is 0 Å². The van der Waals surface area contributed by atoms with E-state index in [1.807, 2.05) is 36.4 Å². The van der Waals surface area contributed by atoms with E-state index in [1.165, 1.54) is 18.4 Å². The highest BCUT2D eigenvalue weighted by atomic mass is 35.5. The van der Waals surface area contributed by atoms with Gasteiger partial charge in [-0.2, -0.15) is 0 Å². The Morgan fingerprint density at radius 1 is 0.917 bits per heavy atom. The van der Waals surface area contributed by atoms with Gasteiger partial charge in [-0.15, -0.1) is 0 Å². The molecular formula is C19H12Cl2O3. The average Bonchev–Trinajstić information content (AvgIpc) is 2.58. The SMILES string of the molecule is O=c1cc(/C=C/c2ccccc2)occ1Oc1ccc(Cl)cc1Cl. The molecular weight excluding hydrogens is 347 g/mol. The van der Waals surface area contributed by atoms with Gasteiger partial charge >= 0.3 is 0 Å². The summed E-state index contributed by atoms with van der Waals surface area (Å²) in [5, 5.41) is 0.802. The lowest BCUT2D eigenvalue weighted by Crippen LogP contribution is -2.03. The molecule has 0 saturated heterocycles. The Morgan fingerprint density at radius 2 is 1.71 bits per heavy atom. The topological polar surface area (TPSA) is 39.4 Å². The second-order valence-corrected chi connectivity index (χ2v) is 5.78. The zero-order chi connectivity index (χ0) is 16.9. The molecule has 0 N–H and O–H groups in total. The summed E-state index contributed by atoms with van der Waals surface area (Å²) in [5.41, 5.74) is 0.702. The maximum absolute atomic E-state index is 12.1. The van der Waals surface area contributed by atoms with Crippen LogP contribution in [0.25, 0.3) is 12.2 Å². The Bertz CT molecular complexity index is 931. The molecule has 0 radical (unpaired) electrons. The fraction of sp³-hybridized carbons (Fsp3) is 0. The summed E-state index contributed by atoms with van der Waals surface area (Å²) in [6.07, 6.45) is 4.84. The van der Waals surface area contributed by atoms with Gasteiger partial charge in [-0.1, -0.05) is 59.6 Å². The van der Waals surface area contributed by atoms with Crippen LogP contribution in [-0.4, -0.2) is 0 Å². The van der Waals surface area contributed by atoms with Crippen LogP contribution in [-0.2, 0) is 0 Å². The molecule has 0 atom stereocenters. The first kappa shape index (κ1) is 16.4. The molecule has 0 aliphatic carbocycles. The maximum atomic E-state index is 12.1. The predicted molar refractivity (Wildman–Crippen MR) is 96.9 cm³/mol. The van der Waals surface area contributed by atoms with Crippen molar-refractivity contribution in [2.75, 3.05) is 0 Å². The zero-order valence-electron chi connectivity index (χ0n) is 12.4. The fourth-order valence-electron chi connectivity index (χ4n) is 1.99. The van der Waals surface area contributed by atoms with E-state index in [9.17, 15) is 4.79 Å². The van der Waals surface area contributed by atoms with Crippen LogP contribution in [0.4, 0.5) is 0 Å². The molecule has 3 nitrogen and oxygen atoms in total. The molecule has 0 spiro atoms. The van der Waals surface area contributed by atoms with Crippen molar-refractivity contribution in [2.45, 2.75) is 0 Å². The van der Waals surface area contributed by atoms with E-state index in [0.717, 1.165) is 5.56 Å². The van der Waals surface area contributed by atoms with Crippen molar-refractivity contribution in [1.82, 2.24) is 0 Å². The Kier molecular flexibility index (Phi) is 5.04. The lowest BCUT2D eigenvalue weighted by molar-refractivity contribution is 0.436. The molecule has 3 rings (SSSR count). The highest BCUT2D eigenvalue weighted by molar-refractivity contribution is 6.35. The van der Waals surface area contributed by atoms with Crippen molar-refractivity contribution in [3.63, 3.8) is 0 Å². The molecule has 0 unspecified atom stereocenters. The first-order valence-corrected chi connectivity index (χ1v) is 7.86. The highest BCUT2D eigenvalue weighted by Gasteiger charge is 2.08. The molecule has 1 aromatic heterocycles. The average molecular weight is 359 g/mol. The van der Waals surface area contributed by atoms with Crippen molar-refractivity contribution in [2.24, 2.45) is 0 Å². The molecule has 24 heavy (non-hydrogen) atoms. The van der Waals surface area contributed by atoms with E-state index in [1.54, 1.807) is 18.2 Å². The zero-order valence-corrected chi connectivity index (χ0v) is 13.9. The Labute approximate surface area is 148 Å². The van der Waals surface area contributed by atoms with Gasteiger partial charge in [-0.05, 0) is 29.8 Å². The molecule has 2 aromatic carbocycles. The van der Waals surface area contributed by atoms with Crippen molar-refractivity contribution < 1.29 is 9.15 Å². The van der Waals surface area contributed by atoms with Gasteiger partial charge in [-0.3, -0.25) is 4.79 Å². The third-order valence-electron chi connectivity index (χ3n) is 3.17.